The maximum Gasteiger partial charge on any atom is 0.240 e. The number of fused-ring (bicyclic) bond motifs is 1. The Labute approximate surface area is 215 Å². The minimum atomic E-state index is -0.751. The number of carbonyl (C=O) groups excluding carboxylic acids is 1. The van der Waals surface area contributed by atoms with Crippen LogP contribution in [-0.2, 0) is 11.2 Å². The molecule has 5 unspecified atom stereocenters. The van der Waals surface area contributed by atoms with E-state index in [-0.39, 0.29) is 30.1 Å². The number of aromatic amines is 1. The van der Waals surface area contributed by atoms with Crippen molar-refractivity contribution in [3.05, 3.63) is 36.0 Å². The standard InChI is InChI=1S/C24H36N12O/c25-14-6-15(26)10-35(9-14)23-32-22(33-24(34-23)36-11-16(27)7-17(28)12-36)31-20(21(29)37)5-13-8-30-19-4-2-1-3-18(13)19/h1-4,8,14-17,20,30H,5-7,9-12,25-28H2,(H2,29,37)(H,31,32,33,34). The van der Waals surface area contributed by atoms with E-state index in [0.29, 0.717) is 44.5 Å². The van der Waals surface area contributed by atoms with E-state index in [0.717, 1.165) is 29.3 Å². The van der Waals surface area contributed by atoms with Crippen LogP contribution in [0.25, 0.3) is 10.9 Å². The van der Waals surface area contributed by atoms with Crippen LogP contribution in [-0.4, -0.2) is 82.2 Å². The third-order valence-corrected chi connectivity index (χ3v) is 6.95. The van der Waals surface area contributed by atoms with Gasteiger partial charge in [-0.25, -0.2) is 0 Å². The van der Waals surface area contributed by atoms with E-state index in [2.05, 4.69) is 20.3 Å². The number of nitrogens with zero attached hydrogens (tertiary/aromatic N) is 5. The summed E-state index contributed by atoms with van der Waals surface area (Å²) in [5.74, 6) is 0.587. The number of para-hydroxylation sites is 1. The van der Waals surface area contributed by atoms with Crippen LogP contribution < -0.4 is 43.8 Å². The number of nitrogens with two attached hydrogens (primary N) is 5. The lowest BCUT2D eigenvalue weighted by Gasteiger charge is -2.37. The maximum absolute atomic E-state index is 12.5. The fourth-order valence-electron chi connectivity index (χ4n) is 5.28. The summed E-state index contributed by atoms with van der Waals surface area (Å²) < 4.78 is 0. The van der Waals surface area contributed by atoms with E-state index in [1.54, 1.807) is 0 Å². The van der Waals surface area contributed by atoms with Gasteiger partial charge in [0.2, 0.25) is 23.8 Å². The number of piperidine rings is 2. The average molecular weight is 509 g/mol. The van der Waals surface area contributed by atoms with Gasteiger partial charge >= 0.3 is 0 Å². The van der Waals surface area contributed by atoms with E-state index in [1.165, 1.54) is 0 Å². The predicted octanol–water partition coefficient (Wildman–Crippen LogP) is -1.41. The number of nitrogens with one attached hydrogen (secondary N) is 2. The minimum Gasteiger partial charge on any atom is -0.368 e. The summed E-state index contributed by atoms with van der Waals surface area (Å²) in [6, 6.07) is 6.75. The molecule has 0 radical (unpaired) electrons. The van der Waals surface area contributed by atoms with Crippen LogP contribution in [0.5, 0.6) is 0 Å². The zero-order valence-corrected chi connectivity index (χ0v) is 20.8. The molecule has 13 nitrogen and oxygen atoms in total. The second-order valence-corrected chi connectivity index (χ2v) is 10.2. The van der Waals surface area contributed by atoms with Gasteiger partial charge in [-0.15, -0.1) is 0 Å². The van der Waals surface area contributed by atoms with Crippen LogP contribution in [0.15, 0.2) is 30.5 Å². The molecule has 3 aromatic rings. The van der Waals surface area contributed by atoms with Crippen LogP contribution in [0, 0.1) is 0 Å². The van der Waals surface area contributed by atoms with E-state index < -0.39 is 11.9 Å². The molecule has 5 atom stereocenters. The molecule has 2 saturated heterocycles. The number of primary amides is 1. The zero-order chi connectivity index (χ0) is 26.1. The van der Waals surface area contributed by atoms with Crippen molar-refractivity contribution in [3.8, 4) is 0 Å². The molecule has 4 heterocycles. The first-order valence-electron chi connectivity index (χ1n) is 12.6. The summed E-state index contributed by atoms with van der Waals surface area (Å²) in [5.41, 5.74) is 32.7. The number of aromatic nitrogens is 4. The van der Waals surface area contributed by atoms with Crippen molar-refractivity contribution >= 4 is 34.7 Å². The molecule has 2 aromatic heterocycles. The largest absolute Gasteiger partial charge is 0.368 e. The summed E-state index contributed by atoms with van der Waals surface area (Å²) in [6.07, 6.45) is 3.70. The number of amides is 1. The Morgan fingerprint density at radius 1 is 0.919 bits per heavy atom. The monoisotopic (exact) mass is 508 g/mol. The van der Waals surface area contributed by atoms with Crippen LogP contribution in [0.2, 0.25) is 0 Å². The van der Waals surface area contributed by atoms with E-state index >= 15 is 0 Å². The van der Waals surface area contributed by atoms with Gasteiger partial charge in [0.1, 0.15) is 6.04 Å². The molecule has 0 aliphatic carbocycles. The lowest BCUT2D eigenvalue weighted by Crippen LogP contribution is -2.54. The molecule has 0 spiro atoms. The Morgan fingerprint density at radius 2 is 1.46 bits per heavy atom. The summed E-state index contributed by atoms with van der Waals surface area (Å²) in [6.45, 7) is 2.24. The number of benzene rings is 1. The van der Waals surface area contributed by atoms with Crippen LogP contribution >= 0.6 is 0 Å². The number of anilines is 3. The van der Waals surface area contributed by atoms with E-state index in [4.69, 9.17) is 33.7 Å². The van der Waals surface area contributed by atoms with Gasteiger partial charge in [0.05, 0.1) is 0 Å². The molecule has 2 fully saturated rings. The van der Waals surface area contributed by atoms with Gasteiger partial charge in [-0.3, -0.25) is 4.79 Å². The summed E-state index contributed by atoms with van der Waals surface area (Å²) in [7, 11) is 0. The van der Waals surface area contributed by atoms with Crippen LogP contribution in [0.3, 0.4) is 0 Å². The fourth-order valence-corrected chi connectivity index (χ4v) is 5.28. The van der Waals surface area contributed by atoms with Gasteiger partial charge in [0, 0.05) is 73.9 Å². The highest BCUT2D eigenvalue weighted by Crippen LogP contribution is 2.24. The number of rotatable bonds is 7. The number of carbonyl (C=O) groups is 1. The molecule has 198 valence electrons. The molecule has 0 bridgehead atoms. The Kier molecular flexibility index (Phi) is 7.11. The van der Waals surface area contributed by atoms with Gasteiger partial charge in [-0.2, -0.15) is 15.0 Å². The van der Waals surface area contributed by atoms with Crippen molar-refractivity contribution in [3.63, 3.8) is 0 Å². The number of hydrogen-bond donors (Lipinski definition) is 7. The molecule has 1 aromatic carbocycles. The summed E-state index contributed by atoms with van der Waals surface area (Å²) in [4.78, 5) is 33.7. The third kappa shape index (κ3) is 5.74. The van der Waals surface area contributed by atoms with Crippen molar-refractivity contribution in [2.24, 2.45) is 28.7 Å². The van der Waals surface area contributed by atoms with Crippen molar-refractivity contribution in [1.82, 2.24) is 19.9 Å². The smallest absolute Gasteiger partial charge is 0.240 e. The van der Waals surface area contributed by atoms with Gasteiger partial charge in [-0.1, -0.05) is 18.2 Å². The second-order valence-electron chi connectivity index (χ2n) is 10.2. The van der Waals surface area contributed by atoms with Crippen molar-refractivity contribution < 1.29 is 4.79 Å². The fraction of sp³-hybridized carbons (Fsp3) is 0.500. The van der Waals surface area contributed by atoms with Gasteiger partial charge in [0.25, 0.3) is 0 Å². The average Bonchev–Trinajstić information content (AvgIpc) is 3.25. The molecule has 37 heavy (non-hydrogen) atoms. The molecule has 5 rings (SSSR count). The Balaban J connectivity index is 1.46. The molecule has 1 amide bonds. The first-order valence-corrected chi connectivity index (χ1v) is 12.6. The molecular weight excluding hydrogens is 472 g/mol. The highest BCUT2D eigenvalue weighted by Gasteiger charge is 2.29. The highest BCUT2D eigenvalue weighted by atomic mass is 16.1. The molecule has 2 aliphatic heterocycles. The number of H-pyrrole nitrogens is 1. The zero-order valence-electron chi connectivity index (χ0n) is 20.8. The first-order chi connectivity index (χ1) is 17.7. The molecular formula is C24H36N12O. The molecule has 2 aliphatic rings. The lowest BCUT2D eigenvalue weighted by atomic mass is 10.0. The van der Waals surface area contributed by atoms with Crippen molar-refractivity contribution in [1.29, 1.82) is 0 Å². The quantitative estimate of drug-likeness (QED) is 0.196. The molecule has 12 N–H and O–H groups in total. The predicted molar refractivity (Wildman–Crippen MR) is 144 cm³/mol. The minimum absolute atomic E-state index is 0.0996. The SMILES string of the molecule is NC(=O)C(Cc1c[nH]c2ccccc12)Nc1nc(N2CC(N)CC(N)C2)nc(N2CC(N)CC(N)C2)n1. The second kappa shape index (κ2) is 10.5. The van der Waals surface area contributed by atoms with Crippen molar-refractivity contribution in [2.45, 2.75) is 49.5 Å². The van der Waals surface area contributed by atoms with Gasteiger partial charge in [-0.05, 0) is 24.5 Å². The summed E-state index contributed by atoms with van der Waals surface area (Å²) in [5, 5.41) is 4.18. The normalized spacial score (nSPS) is 25.3. The van der Waals surface area contributed by atoms with Crippen molar-refractivity contribution in [2.75, 3.05) is 41.3 Å². The van der Waals surface area contributed by atoms with E-state index in [9.17, 15) is 4.79 Å². The van der Waals surface area contributed by atoms with Gasteiger partial charge in [0.15, 0.2) is 0 Å². The summed E-state index contributed by atoms with van der Waals surface area (Å²) >= 11 is 0. The Hall–Kier alpha value is -3.52. The molecule has 13 heteroatoms. The lowest BCUT2D eigenvalue weighted by molar-refractivity contribution is -0.118. The third-order valence-electron chi connectivity index (χ3n) is 6.95. The van der Waals surface area contributed by atoms with Gasteiger partial charge < -0.3 is 48.8 Å². The van der Waals surface area contributed by atoms with Crippen LogP contribution in [0.1, 0.15) is 18.4 Å². The Bertz CT molecular complexity index is 1180. The maximum atomic E-state index is 12.5. The topological polar surface area (TPSA) is 220 Å². The van der Waals surface area contributed by atoms with Crippen LogP contribution in [0.4, 0.5) is 17.8 Å². The Morgan fingerprint density at radius 3 is 2.00 bits per heavy atom. The van der Waals surface area contributed by atoms with E-state index in [1.807, 2.05) is 40.3 Å². The molecule has 0 saturated carbocycles. The number of hydrogen-bond acceptors (Lipinski definition) is 11. The highest BCUT2D eigenvalue weighted by molar-refractivity contribution is 5.86. The first kappa shape index (κ1) is 25.1.